The van der Waals surface area contributed by atoms with Crippen LogP contribution in [0.3, 0.4) is 0 Å². The predicted molar refractivity (Wildman–Crippen MR) is 103 cm³/mol. The van der Waals surface area contributed by atoms with Crippen LogP contribution in [-0.2, 0) is 10.2 Å². The number of rotatable bonds is 5. The average molecular weight is 375 g/mol. The second-order valence-electron chi connectivity index (χ2n) is 6.75. The number of hydrogen-bond acceptors (Lipinski definition) is 5. The number of nitrogens with one attached hydrogen (secondary N) is 1. The molecule has 0 unspecified atom stereocenters. The Bertz CT molecular complexity index is 852. The molecule has 1 saturated heterocycles. The summed E-state index contributed by atoms with van der Waals surface area (Å²) >= 11 is 0. The molecule has 2 aromatic rings. The predicted octanol–water partition coefficient (Wildman–Crippen LogP) is 2.51. The van der Waals surface area contributed by atoms with Gasteiger partial charge in [0.15, 0.2) is 0 Å². The summed E-state index contributed by atoms with van der Waals surface area (Å²) < 4.78 is 27.5. The lowest BCUT2D eigenvalue weighted by Crippen LogP contribution is -2.45. The van der Waals surface area contributed by atoms with Gasteiger partial charge in [-0.25, -0.2) is 4.98 Å². The summed E-state index contributed by atoms with van der Waals surface area (Å²) in [5.41, 5.74) is 2.73. The lowest BCUT2D eigenvalue weighted by atomic mass is 9.95. The summed E-state index contributed by atoms with van der Waals surface area (Å²) in [4.78, 5) is 8.97. The third-order valence-corrected chi connectivity index (χ3v) is 6.44. The molecule has 2 aromatic heterocycles. The maximum Gasteiger partial charge on any atom is 0.281 e. The zero-order valence-corrected chi connectivity index (χ0v) is 16.2. The first-order valence-electron chi connectivity index (χ1n) is 8.70. The van der Waals surface area contributed by atoms with E-state index in [1.807, 2.05) is 37.3 Å². The molecule has 1 fully saturated rings. The lowest BCUT2D eigenvalue weighted by Gasteiger charge is -2.33. The van der Waals surface area contributed by atoms with Crippen LogP contribution in [0.1, 0.15) is 30.1 Å². The number of anilines is 2. The Morgan fingerprint density at radius 2 is 2.04 bits per heavy atom. The molecule has 0 aromatic carbocycles. The normalized spacial score (nSPS) is 18.8. The van der Waals surface area contributed by atoms with Crippen molar-refractivity contribution in [3.05, 3.63) is 47.9 Å². The highest BCUT2D eigenvalue weighted by molar-refractivity contribution is 7.86. The van der Waals surface area contributed by atoms with Crippen LogP contribution >= 0.6 is 0 Å². The highest BCUT2D eigenvalue weighted by Crippen LogP contribution is 2.28. The Hall–Kier alpha value is -2.03. The summed E-state index contributed by atoms with van der Waals surface area (Å²) in [7, 11) is -0.243. The van der Waals surface area contributed by atoms with Crippen LogP contribution in [-0.4, -0.2) is 54.2 Å². The van der Waals surface area contributed by atoms with Crippen molar-refractivity contribution >= 4 is 21.7 Å². The van der Waals surface area contributed by atoms with E-state index in [0.717, 1.165) is 35.7 Å². The van der Waals surface area contributed by atoms with Crippen LogP contribution in [0.4, 0.5) is 11.5 Å². The van der Waals surface area contributed by atoms with Crippen molar-refractivity contribution in [1.82, 2.24) is 18.6 Å². The molecule has 26 heavy (non-hydrogen) atoms. The van der Waals surface area contributed by atoms with Crippen LogP contribution in [0.25, 0.3) is 0 Å². The minimum Gasteiger partial charge on any atom is -0.339 e. The van der Waals surface area contributed by atoms with Crippen molar-refractivity contribution in [2.24, 2.45) is 0 Å². The van der Waals surface area contributed by atoms with E-state index in [1.165, 1.54) is 4.31 Å². The van der Waals surface area contributed by atoms with Crippen molar-refractivity contribution < 1.29 is 8.42 Å². The Balaban J connectivity index is 1.70. The zero-order chi connectivity index (χ0) is 18.7. The maximum absolute atomic E-state index is 12.4. The highest BCUT2D eigenvalue weighted by atomic mass is 32.2. The van der Waals surface area contributed by atoms with Gasteiger partial charge in [0.05, 0.1) is 11.9 Å². The molecule has 0 saturated carbocycles. The summed E-state index contributed by atoms with van der Waals surface area (Å²) in [5.74, 6) is 0.894. The van der Waals surface area contributed by atoms with Gasteiger partial charge in [0.2, 0.25) is 0 Å². The zero-order valence-electron chi connectivity index (χ0n) is 15.4. The Morgan fingerprint density at radius 1 is 1.23 bits per heavy atom. The topological polar surface area (TPSA) is 78.4 Å². The molecule has 1 aliphatic rings. The average Bonchev–Trinajstić information content (AvgIpc) is 2.62. The van der Waals surface area contributed by atoms with E-state index in [-0.39, 0.29) is 5.92 Å². The van der Waals surface area contributed by atoms with Crippen molar-refractivity contribution in [3.8, 4) is 0 Å². The van der Waals surface area contributed by atoms with Gasteiger partial charge in [-0.2, -0.15) is 17.0 Å². The molecule has 3 rings (SSSR count). The second-order valence-corrected chi connectivity index (χ2v) is 8.89. The second kappa shape index (κ2) is 7.69. The van der Waals surface area contributed by atoms with Gasteiger partial charge in [0.25, 0.3) is 10.2 Å². The largest absolute Gasteiger partial charge is 0.339 e. The van der Waals surface area contributed by atoms with Gasteiger partial charge in [0, 0.05) is 44.5 Å². The third kappa shape index (κ3) is 4.20. The van der Waals surface area contributed by atoms with Crippen molar-refractivity contribution in [2.45, 2.75) is 25.7 Å². The third-order valence-electron chi connectivity index (χ3n) is 4.54. The summed E-state index contributed by atoms with van der Waals surface area (Å²) in [5, 5.41) is 3.24. The number of pyridine rings is 2. The fourth-order valence-electron chi connectivity index (χ4n) is 3.11. The van der Waals surface area contributed by atoms with E-state index in [9.17, 15) is 8.42 Å². The molecule has 3 heterocycles. The number of nitrogens with zero attached hydrogens (tertiary/aromatic N) is 4. The fraction of sp³-hybridized carbons (Fsp3) is 0.444. The minimum absolute atomic E-state index is 0.115. The molecule has 1 N–H and O–H groups in total. The van der Waals surface area contributed by atoms with Crippen LogP contribution in [0.5, 0.6) is 0 Å². The first kappa shape index (κ1) is 18.8. The molecular formula is C18H25N5O2S. The Morgan fingerprint density at radius 3 is 2.69 bits per heavy atom. The van der Waals surface area contributed by atoms with Crippen molar-refractivity contribution in [1.29, 1.82) is 0 Å². The summed E-state index contributed by atoms with van der Waals surface area (Å²) in [6, 6.07) is 9.74. The van der Waals surface area contributed by atoms with Gasteiger partial charge in [-0.3, -0.25) is 4.98 Å². The molecule has 0 aliphatic carbocycles. The molecule has 1 atom stereocenters. The van der Waals surface area contributed by atoms with Gasteiger partial charge < -0.3 is 5.32 Å². The molecular weight excluding hydrogens is 350 g/mol. The van der Waals surface area contributed by atoms with Crippen LogP contribution in [0, 0.1) is 6.92 Å². The molecule has 0 spiro atoms. The molecule has 140 valence electrons. The Labute approximate surface area is 155 Å². The van der Waals surface area contributed by atoms with E-state index >= 15 is 0 Å². The van der Waals surface area contributed by atoms with Crippen LogP contribution in [0.2, 0.25) is 0 Å². The lowest BCUT2D eigenvalue weighted by molar-refractivity contribution is 0.296. The number of aromatic nitrogens is 2. The number of hydrogen-bond donors (Lipinski definition) is 1. The first-order valence-corrected chi connectivity index (χ1v) is 10.1. The van der Waals surface area contributed by atoms with Gasteiger partial charge in [-0.05, 0) is 44.0 Å². The standard InChI is InChI=1S/C18H25N5O2S/c1-14-6-4-8-18(20-14)21-16-9-10-17(19-12-16)15-7-5-11-23(13-15)26(24,25)22(2)3/h4,6,8-10,12,15H,5,7,11,13H2,1-3H3,(H,20,21)/t15-/m0/s1. The molecule has 0 radical (unpaired) electrons. The molecule has 1 aliphatic heterocycles. The van der Waals surface area contributed by atoms with Crippen molar-refractivity contribution in [2.75, 3.05) is 32.5 Å². The van der Waals surface area contributed by atoms with Crippen LogP contribution in [0.15, 0.2) is 36.5 Å². The number of aryl methyl sites for hydroxylation is 1. The first-order chi connectivity index (χ1) is 12.4. The molecule has 7 nitrogen and oxygen atoms in total. The van der Waals surface area contributed by atoms with E-state index in [1.54, 1.807) is 24.6 Å². The molecule has 0 amide bonds. The van der Waals surface area contributed by atoms with Gasteiger partial charge in [0.1, 0.15) is 5.82 Å². The van der Waals surface area contributed by atoms with Crippen molar-refractivity contribution in [3.63, 3.8) is 0 Å². The van der Waals surface area contributed by atoms with E-state index in [2.05, 4.69) is 15.3 Å². The quantitative estimate of drug-likeness (QED) is 0.869. The van der Waals surface area contributed by atoms with Gasteiger partial charge in [-0.1, -0.05) is 6.07 Å². The van der Waals surface area contributed by atoms with E-state index in [4.69, 9.17) is 0 Å². The summed E-state index contributed by atoms with van der Waals surface area (Å²) in [6.45, 7) is 2.98. The van der Waals surface area contributed by atoms with Gasteiger partial charge in [-0.15, -0.1) is 0 Å². The molecule has 0 bridgehead atoms. The molecule has 8 heteroatoms. The van der Waals surface area contributed by atoms with Crippen LogP contribution < -0.4 is 5.32 Å². The highest BCUT2D eigenvalue weighted by Gasteiger charge is 2.31. The Kier molecular flexibility index (Phi) is 5.55. The van der Waals surface area contributed by atoms with E-state index < -0.39 is 10.2 Å². The SMILES string of the molecule is Cc1cccc(Nc2ccc([C@H]3CCCN(S(=O)(=O)N(C)C)C3)nc2)n1. The number of piperidine rings is 1. The minimum atomic E-state index is -3.38. The monoisotopic (exact) mass is 375 g/mol. The summed E-state index contributed by atoms with van der Waals surface area (Å²) in [6.07, 6.45) is 3.56. The fourth-order valence-corrected chi connectivity index (χ4v) is 4.30. The van der Waals surface area contributed by atoms with Gasteiger partial charge >= 0.3 is 0 Å². The van der Waals surface area contributed by atoms with E-state index in [0.29, 0.717) is 13.1 Å². The maximum atomic E-state index is 12.4. The smallest absolute Gasteiger partial charge is 0.281 e.